The minimum absolute atomic E-state index is 0.000683. The van der Waals surface area contributed by atoms with Crippen molar-refractivity contribution in [1.29, 1.82) is 0 Å². The minimum Gasteiger partial charge on any atom is -0.341 e. The molecular weight excluding hydrogens is 677 g/mol. The fourth-order valence-corrected chi connectivity index (χ4v) is 7.01. The van der Waals surface area contributed by atoms with Gasteiger partial charge < -0.3 is 9.80 Å². The average molecular weight is 713 g/mol. The van der Waals surface area contributed by atoms with Gasteiger partial charge in [-0.3, -0.25) is 23.5 Å². The maximum atomic E-state index is 12.6. The highest BCUT2D eigenvalue weighted by Gasteiger charge is 2.24. The number of carbonyl (C=O) groups is 1. The number of ketones is 1. The Morgan fingerprint density at radius 2 is 1.17 bits per heavy atom. The average Bonchev–Trinajstić information content (AvgIpc) is 3.20. The molecule has 52 heavy (non-hydrogen) atoms. The highest BCUT2D eigenvalue weighted by Crippen LogP contribution is 2.24. The molecule has 2 aliphatic rings. The summed E-state index contributed by atoms with van der Waals surface area (Å²) in [7, 11) is 0. The second kappa shape index (κ2) is 16.3. The van der Waals surface area contributed by atoms with Crippen LogP contribution in [0.1, 0.15) is 23.2 Å². The van der Waals surface area contributed by atoms with Crippen molar-refractivity contribution in [2.75, 3.05) is 41.7 Å². The number of benzene rings is 2. The van der Waals surface area contributed by atoms with Gasteiger partial charge in [-0.05, 0) is 37.1 Å². The van der Waals surface area contributed by atoms with Gasteiger partial charge >= 0.3 is 0 Å². The summed E-state index contributed by atoms with van der Waals surface area (Å²) in [4.78, 5) is 68.5. The lowest BCUT2D eigenvalue weighted by molar-refractivity contribution is 0.0997. The molecule has 0 atom stereocenters. The molecule has 2 aromatic carbocycles. The zero-order valence-electron chi connectivity index (χ0n) is 28.4. The Bertz CT molecular complexity index is 2240. The molecule has 0 N–H and O–H groups in total. The molecule has 0 bridgehead atoms. The molecule has 0 unspecified atom stereocenters. The van der Waals surface area contributed by atoms with Crippen LogP contribution in [-0.2, 0) is 13.1 Å². The molecule has 2 aliphatic heterocycles. The molecule has 0 saturated carbocycles. The summed E-state index contributed by atoms with van der Waals surface area (Å²) in [5.41, 5.74) is 2.84. The lowest BCUT2D eigenvalue weighted by Crippen LogP contribution is -2.41. The van der Waals surface area contributed by atoms with Crippen molar-refractivity contribution in [2.45, 2.75) is 30.8 Å². The van der Waals surface area contributed by atoms with E-state index < -0.39 is 0 Å². The standard InChI is InChI=1S/C19H17N5O2.C19H19N5OS/c25-17(14-5-2-1-3-6-14)12-23-9-4-10-24-18(26)11-16(22-19(23)24)15-7-8-20-13-21-15;25-18-13-17(16-7-8-20-14-21-16)22-19-23(9-4-10-24(18)19)11-12-26-15-5-2-1-3-6-15/h1-3,5-8,11,13H,4,9-10,12H2;1-3,5-8,13-14H,4,9-12H2. The van der Waals surface area contributed by atoms with Gasteiger partial charge in [0.25, 0.3) is 11.1 Å². The van der Waals surface area contributed by atoms with Crippen LogP contribution in [0.25, 0.3) is 22.8 Å². The van der Waals surface area contributed by atoms with E-state index in [4.69, 9.17) is 4.98 Å². The van der Waals surface area contributed by atoms with E-state index >= 15 is 0 Å². The molecule has 4 aromatic heterocycles. The molecule has 13 nitrogen and oxygen atoms in total. The SMILES string of the molecule is O=C(CN1CCCn2c1nc(-c1ccncn1)cc2=O)c1ccccc1.O=c1cc(-c2ccncn2)nc2n1CCCN2CCSc1ccccc1. The van der Waals surface area contributed by atoms with E-state index in [2.05, 4.69) is 42.0 Å². The van der Waals surface area contributed by atoms with Gasteiger partial charge in [0.05, 0.1) is 29.3 Å². The van der Waals surface area contributed by atoms with E-state index in [1.807, 2.05) is 53.1 Å². The molecule has 8 rings (SSSR count). The quantitative estimate of drug-likeness (QED) is 0.154. The fourth-order valence-electron chi connectivity index (χ4n) is 6.12. The zero-order valence-corrected chi connectivity index (χ0v) is 29.2. The summed E-state index contributed by atoms with van der Waals surface area (Å²) in [6, 6.07) is 26.0. The first-order chi connectivity index (χ1) is 25.5. The number of anilines is 2. The predicted octanol–water partition coefficient (Wildman–Crippen LogP) is 4.50. The third-order valence-electron chi connectivity index (χ3n) is 8.65. The van der Waals surface area contributed by atoms with Crippen molar-refractivity contribution in [3.05, 3.63) is 136 Å². The van der Waals surface area contributed by atoms with Crippen molar-refractivity contribution in [3.63, 3.8) is 0 Å². The van der Waals surface area contributed by atoms with Crippen LogP contribution >= 0.6 is 11.8 Å². The van der Waals surface area contributed by atoms with Crippen molar-refractivity contribution >= 4 is 29.4 Å². The van der Waals surface area contributed by atoms with E-state index in [9.17, 15) is 14.4 Å². The number of hydrogen-bond donors (Lipinski definition) is 0. The van der Waals surface area contributed by atoms with Gasteiger partial charge in [0.15, 0.2) is 5.78 Å². The van der Waals surface area contributed by atoms with Crippen molar-refractivity contribution < 1.29 is 4.79 Å². The molecular formula is C38H36N10O3S. The summed E-state index contributed by atoms with van der Waals surface area (Å²) >= 11 is 1.82. The molecule has 0 spiro atoms. The monoisotopic (exact) mass is 712 g/mol. The van der Waals surface area contributed by atoms with E-state index in [1.165, 1.54) is 23.6 Å². The lowest BCUT2D eigenvalue weighted by atomic mass is 10.1. The summed E-state index contributed by atoms with van der Waals surface area (Å²) in [5.74, 6) is 2.20. The first-order valence-electron chi connectivity index (χ1n) is 17.1. The molecule has 0 saturated heterocycles. The maximum Gasteiger partial charge on any atom is 0.255 e. The summed E-state index contributed by atoms with van der Waals surface area (Å²) in [5, 5.41) is 0. The number of nitrogens with zero attached hydrogens (tertiary/aromatic N) is 10. The second-order valence-electron chi connectivity index (χ2n) is 12.1. The number of aromatic nitrogens is 8. The van der Waals surface area contributed by atoms with Gasteiger partial charge in [0.2, 0.25) is 11.9 Å². The Kier molecular flexibility index (Phi) is 10.8. The lowest BCUT2D eigenvalue weighted by Gasteiger charge is -2.30. The molecule has 0 aliphatic carbocycles. The van der Waals surface area contributed by atoms with Crippen LogP contribution in [0.2, 0.25) is 0 Å². The van der Waals surface area contributed by atoms with Crippen LogP contribution in [0, 0.1) is 0 Å². The molecule has 6 heterocycles. The normalized spacial score (nSPS) is 13.4. The number of fused-ring (bicyclic) bond motifs is 2. The fraction of sp³-hybridized carbons (Fsp3) is 0.237. The van der Waals surface area contributed by atoms with Crippen LogP contribution in [0.15, 0.2) is 124 Å². The van der Waals surface area contributed by atoms with Crippen LogP contribution in [0.4, 0.5) is 11.9 Å². The van der Waals surface area contributed by atoms with E-state index in [0.29, 0.717) is 53.9 Å². The minimum atomic E-state index is -0.138. The van der Waals surface area contributed by atoms with Gasteiger partial charge in [-0.25, -0.2) is 29.9 Å². The number of hydrogen-bond acceptors (Lipinski definition) is 12. The zero-order chi connectivity index (χ0) is 35.7. The Hall–Kier alpha value is -6.02. The van der Waals surface area contributed by atoms with Gasteiger partial charge in [-0.15, -0.1) is 11.8 Å². The first kappa shape index (κ1) is 34.4. The van der Waals surface area contributed by atoms with Crippen molar-refractivity contribution in [2.24, 2.45) is 0 Å². The molecule has 0 radical (unpaired) electrons. The van der Waals surface area contributed by atoms with Crippen LogP contribution in [0.5, 0.6) is 0 Å². The number of carbonyl (C=O) groups excluding carboxylic acids is 1. The third kappa shape index (κ3) is 8.13. The Balaban J connectivity index is 0.000000162. The van der Waals surface area contributed by atoms with Gasteiger partial charge in [-0.1, -0.05) is 48.5 Å². The van der Waals surface area contributed by atoms with Crippen LogP contribution in [0.3, 0.4) is 0 Å². The van der Waals surface area contributed by atoms with Crippen LogP contribution in [-0.4, -0.2) is 76.8 Å². The predicted molar refractivity (Wildman–Crippen MR) is 201 cm³/mol. The Morgan fingerprint density at radius 3 is 1.73 bits per heavy atom. The summed E-state index contributed by atoms with van der Waals surface area (Å²) < 4.78 is 3.38. The van der Waals surface area contributed by atoms with E-state index in [1.54, 1.807) is 51.9 Å². The summed E-state index contributed by atoms with van der Waals surface area (Å²) in [6.07, 6.45) is 7.92. The molecule has 6 aromatic rings. The Labute approximate surface area is 304 Å². The van der Waals surface area contributed by atoms with E-state index in [0.717, 1.165) is 37.6 Å². The number of rotatable bonds is 9. The van der Waals surface area contributed by atoms with Crippen LogP contribution < -0.4 is 20.9 Å². The summed E-state index contributed by atoms with van der Waals surface area (Å²) in [6.45, 7) is 3.94. The third-order valence-corrected chi connectivity index (χ3v) is 9.65. The topological polar surface area (TPSA) is 145 Å². The first-order valence-corrected chi connectivity index (χ1v) is 18.0. The molecule has 14 heteroatoms. The second-order valence-corrected chi connectivity index (χ2v) is 13.3. The largest absolute Gasteiger partial charge is 0.341 e. The van der Waals surface area contributed by atoms with Gasteiger partial charge in [0.1, 0.15) is 12.7 Å². The molecule has 0 fully saturated rings. The molecule has 0 amide bonds. The number of thioether (sulfide) groups is 1. The number of Topliss-reactive ketones (excluding diaryl/α,β-unsaturated/α-hetero) is 1. The van der Waals surface area contributed by atoms with E-state index in [-0.39, 0.29) is 23.4 Å². The highest BCUT2D eigenvalue weighted by atomic mass is 32.2. The smallest absolute Gasteiger partial charge is 0.255 e. The molecule has 262 valence electrons. The van der Waals surface area contributed by atoms with Gasteiger partial charge in [-0.2, -0.15) is 0 Å². The maximum absolute atomic E-state index is 12.6. The van der Waals surface area contributed by atoms with Gasteiger partial charge in [0, 0.05) is 73.5 Å². The van der Waals surface area contributed by atoms with Crippen molar-refractivity contribution in [1.82, 2.24) is 39.0 Å². The highest BCUT2D eigenvalue weighted by molar-refractivity contribution is 7.99. The Morgan fingerprint density at radius 1 is 0.635 bits per heavy atom. The van der Waals surface area contributed by atoms with Crippen molar-refractivity contribution in [3.8, 4) is 22.8 Å².